The summed E-state index contributed by atoms with van der Waals surface area (Å²) in [6.45, 7) is 7.33. The fourth-order valence-corrected chi connectivity index (χ4v) is 2.62. The van der Waals surface area contributed by atoms with Crippen LogP contribution in [0, 0.1) is 13.8 Å². The Kier molecular flexibility index (Phi) is 4.56. The number of hydrogen-bond acceptors (Lipinski definition) is 7. The first kappa shape index (κ1) is 15.4. The molecule has 2 aromatic heterocycles. The third-order valence-corrected chi connectivity index (χ3v) is 3.67. The highest BCUT2D eigenvalue weighted by molar-refractivity contribution is 7.98. The third-order valence-electron chi connectivity index (χ3n) is 2.71. The zero-order valence-corrected chi connectivity index (χ0v) is 13.1. The van der Waals surface area contributed by atoms with Gasteiger partial charge in [-0.25, -0.2) is 14.8 Å². The molecule has 8 heteroatoms. The minimum atomic E-state index is -1.04. The first-order valence-electron chi connectivity index (χ1n) is 6.42. The van der Waals surface area contributed by atoms with Gasteiger partial charge in [0.05, 0.1) is 11.4 Å². The molecule has 0 aliphatic heterocycles. The van der Waals surface area contributed by atoms with Crippen molar-refractivity contribution in [2.45, 2.75) is 44.4 Å². The quantitative estimate of drug-likeness (QED) is 0.664. The smallest absolute Gasteiger partial charge is 0.340 e. The van der Waals surface area contributed by atoms with E-state index in [1.165, 1.54) is 11.8 Å². The van der Waals surface area contributed by atoms with Crippen LogP contribution in [0.25, 0.3) is 0 Å². The summed E-state index contributed by atoms with van der Waals surface area (Å²) in [6, 6.07) is 0. The van der Waals surface area contributed by atoms with Gasteiger partial charge in [0.1, 0.15) is 16.4 Å². The lowest BCUT2D eigenvalue weighted by atomic mass is 10.2. The maximum absolute atomic E-state index is 11.4. The van der Waals surface area contributed by atoms with E-state index in [-0.39, 0.29) is 11.5 Å². The van der Waals surface area contributed by atoms with Crippen LogP contribution in [0.3, 0.4) is 0 Å². The summed E-state index contributed by atoms with van der Waals surface area (Å²) < 4.78 is 5.02. The van der Waals surface area contributed by atoms with Crippen molar-refractivity contribution in [1.29, 1.82) is 0 Å². The minimum Gasteiger partial charge on any atom is -0.478 e. The van der Waals surface area contributed by atoms with Crippen molar-refractivity contribution in [3.8, 4) is 0 Å². The minimum absolute atomic E-state index is 0.122. The first-order valence-corrected chi connectivity index (χ1v) is 7.41. The van der Waals surface area contributed by atoms with Gasteiger partial charge < -0.3 is 9.63 Å². The zero-order valence-electron chi connectivity index (χ0n) is 12.2. The van der Waals surface area contributed by atoms with E-state index in [1.807, 2.05) is 13.8 Å². The molecular formula is C13H16N4O3S. The van der Waals surface area contributed by atoms with Crippen molar-refractivity contribution in [3.05, 3.63) is 28.8 Å². The van der Waals surface area contributed by atoms with Gasteiger partial charge in [-0.3, -0.25) is 0 Å². The normalized spacial score (nSPS) is 11.1. The molecule has 112 valence electrons. The Balaban J connectivity index is 2.32. The standard InChI is InChI=1S/C13H16N4O3S/c1-6(2)11-14-7(3)10(13(18)19)12(16-11)21-5-9-15-8(4)17-20-9/h6H,5H2,1-4H3,(H,18,19). The lowest BCUT2D eigenvalue weighted by Crippen LogP contribution is -2.10. The summed E-state index contributed by atoms with van der Waals surface area (Å²) in [4.78, 5) is 24.1. The summed E-state index contributed by atoms with van der Waals surface area (Å²) in [6.07, 6.45) is 0. The molecule has 0 radical (unpaired) electrons. The molecule has 0 aliphatic rings. The average Bonchev–Trinajstić information content (AvgIpc) is 2.80. The molecule has 0 unspecified atom stereocenters. The monoisotopic (exact) mass is 308 g/mol. The van der Waals surface area contributed by atoms with E-state index in [0.717, 1.165) is 0 Å². The number of aromatic nitrogens is 4. The summed E-state index contributed by atoms with van der Waals surface area (Å²) in [7, 11) is 0. The second-order valence-electron chi connectivity index (χ2n) is 4.83. The van der Waals surface area contributed by atoms with Crippen molar-refractivity contribution in [1.82, 2.24) is 20.1 Å². The molecule has 1 N–H and O–H groups in total. The van der Waals surface area contributed by atoms with Crippen LogP contribution >= 0.6 is 11.8 Å². The van der Waals surface area contributed by atoms with Crippen LogP contribution in [0.5, 0.6) is 0 Å². The van der Waals surface area contributed by atoms with Crippen molar-refractivity contribution >= 4 is 17.7 Å². The van der Waals surface area contributed by atoms with Crippen LogP contribution in [0.1, 0.15) is 53.4 Å². The number of thioether (sulfide) groups is 1. The van der Waals surface area contributed by atoms with E-state index in [2.05, 4.69) is 20.1 Å². The van der Waals surface area contributed by atoms with Crippen molar-refractivity contribution in [2.24, 2.45) is 0 Å². The van der Waals surface area contributed by atoms with Gasteiger partial charge in [0.25, 0.3) is 0 Å². The van der Waals surface area contributed by atoms with Crippen LogP contribution in [0.2, 0.25) is 0 Å². The number of carboxylic acids is 1. The Hall–Kier alpha value is -1.96. The van der Waals surface area contributed by atoms with Gasteiger partial charge in [-0.15, -0.1) is 0 Å². The molecule has 21 heavy (non-hydrogen) atoms. The Morgan fingerprint density at radius 1 is 1.29 bits per heavy atom. The predicted molar refractivity (Wildman–Crippen MR) is 76.4 cm³/mol. The number of hydrogen-bond donors (Lipinski definition) is 1. The molecule has 0 atom stereocenters. The molecular weight excluding hydrogens is 292 g/mol. The van der Waals surface area contributed by atoms with Crippen LogP contribution in [0.15, 0.2) is 9.55 Å². The molecule has 2 rings (SSSR count). The molecule has 0 saturated heterocycles. The number of carboxylic acid groups (broad SMARTS) is 1. The van der Waals surface area contributed by atoms with Crippen LogP contribution in [-0.4, -0.2) is 31.2 Å². The second kappa shape index (κ2) is 6.21. The topological polar surface area (TPSA) is 102 Å². The molecule has 0 aromatic carbocycles. The number of aromatic carboxylic acids is 1. The average molecular weight is 308 g/mol. The van der Waals surface area contributed by atoms with E-state index >= 15 is 0 Å². The second-order valence-corrected chi connectivity index (χ2v) is 5.80. The van der Waals surface area contributed by atoms with Crippen molar-refractivity contribution in [3.63, 3.8) is 0 Å². The van der Waals surface area contributed by atoms with Gasteiger partial charge in [0.2, 0.25) is 5.89 Å². The molecule has 2 heterocycles. The maximum Gasteiger partial charge on any atom is 0.340 e. The number of rotatable bonds is 5. The summed E-state index contributed by atoms with van der Waals surface area (Å²) in [5.41, 5.74) is 0.589. The van der Waals surface area contributed by atoms with E-state index in [1.54, 1.807) is 13.8 Å². The van der Waals surface area contributed by atoms with Crippen molar-refractivity contribution < 1.29 is 14.4 Å². The van der Waals surface area contributed by atoms with Gasteiger partial charge in [-0.05, 0) is 13.8 Å². The molecule has 0 saturated carbocycles. The van der Waals surface area contributed by atoms with Crippen molar-refractivity contribution in [2.75, 3.05) is 0 Å². The Bertz CT molecular complexity index is 669. The summed E-state index contributed by atoms with van der Waals surface area (Å²) in [5, 5.41) is 13.5. The van der Waals surface area contributed by atoms with Gasteiger partial charge in [0, 0.05) is 5.92 Å². The number of carbonyl (C=O) groups is 1. The van der Waals surface area contributed by atoms with E-state index in [9.17, 15) is 9.90 Å². The lowest BCUT2D eigenvalue weighted by Gasteiger charge is -2.11. The fourth-order valence-electron chi connectivity index (χ4n) is 1.71. The molecule has 0 aliphatic carbocycles. The number of nitrogens with zero attached hydrogens (tertiary/aromatic N) is 4. The molecule has 2 aromatic rings. The zero-order chi connectivity index (χ0) is 15.6. The molecule has 7 nitrogen and oxygen atoms in total. The maximum atomic E-state index is 11.4. The fraction of sp³-hybridized carbons (Fsp3) is 0.462. The summed E-state index contributed by atoms with van der Waals surface area (Å²) in [5.74, 6) is 1.07. The van der Waals surface area contributed by atoms with Crippen LogP contribution in [0.4, 0.5) is 0 Å². The highest BCUT2D eigenvalue weighted by Crippen LogP contribution is 2.27. The molecule has 0 spiro atoms. The Morgan fingerprint density at radius 2 is 2.00 bits per heavy atom. The highest BCUT2D eigenvalue weighted by Gasteiger charge is 2.20. The summed E-state index contributed by atoms with van der Waals surface area (Å²) >= 11 is 1.26. The van der Waals surface area contributed by atoms with E-state index in [0.29, 0.717) is 34.0 Å². The first-order chi connectivity index (χ1) is 9.88. The van der Waals surface area contributed by atoms with Crippen LogP contribution in [-0.2, 0) is 5.75 Å². The van der Waals surface area contributed by atoms with E-state index < -0.39 is 5.97 Å². The third kappa shape index (κ3) is 3.57. The Labute approximate surface area is 126 Å². The lowest BCUT2D eigenvalue weighted by molar-refractivity contribution is 0.0690. The number of aryl methyl sites for hydroxylation is 2. The predicted octanol–water partition coefficient (Wildman–Crippen LogP) is 2.59. The largest absolute Gasteiger partial charge is 0.478 e. The molecule has 0 amide bonds. The molecule has 0 fully saturated rings. The van der Waals surface area contributed by atoms with Gasteiger partial charge in [-0.1, -0.05) is 30.8 Å². The Morgan fingerprint density at radius 3 is 2.52 bits per heavy atom. The SMILES string of the molecule is Cc1noc(CSc2nc(C(C)C)nc(C)c2C(=O)O)n1. The van der Waals surface area contributed by atoms with Gasteiger partial charge in [0.15, 0.2) is 5.82 Å². The highest BCUT2D eigenvalue weighted by atomic mass is 32.2. The van der Waals surface area contributed by atoms with E-state index in [4.69, 9.17) is 4.52 Å². The molecule has 0 bridgehead atoms. The van der Waals surface area contributed by atoms with Crippen LogP contribution < -0.4 is 0 Å². The van der Waals surface area contributed by atoms with Gasteiger partial charge >= 0.3 is 5.97 Å². The van der Waals surface area contributed by atoms with Gasteiger partial charge in [-0.2, -0.15) is 4.98 Å².